The zero-order valence-electron chi connectivity index (χ0n) is 17.3. The summed E-state index contributed by atoms with van der Waals surface area (Å²) in [4.78, 5) is 17.3. The van der Waals surface area contributed by atoms with Crippen LogP contribution in [0.25, 0.3) is 0 Å². The quantitative estimate of drug-likeness (QED) is 0.459. The number of thiocarbonyl (C=S) groups is 1. The fourth-order valence-corrected chi connectivity index (χ4v) is 3.96. The van der Waals surface area contributed by atoms with Crippen molar-refractivity contribution < 1.29 is 9.53 Å². The molecule has 1 saturated heterocycles. The van der Waals surface area contributed by atoms with Crippen LogP contribution in [0, 0.1) is 0 Å². The minimum absolute atomic E-state index is 0.237. The molecule has 5 nitrogen and oxygen atoms in total. The molecule has 1 N–H and O–H groups in total. The largest absolute Gasteiger partial charge is 0.493 e. The van der Waals surface area contributed by atoms with E-state index in [-0.39, 0.29) is 5.91 Å². The van der Waals surface area contributed by atoms with Crippen molar-refractivity contribution in [2.24, 2.45) is 0 Å². The molecule has 0 aliphatic carbocycles. The van der Waals surface area contributed by atoms with Crippen LogP contribution in [-0.2, 0) is 6.54 Å². The van der Waals surface area contributed by atoms with Crippen molar-refractivity contribution in [1.29, 1.82) is 0 Å². The molecule has 1 fully saturated rings. The molecule has 0 radical (unpaired) electrons. The second kappa shape index (κ2) is 11.4. The van der Waals surface area contributed by atoms with Crippen molar-refractivity contribution in [3.63, 3.8) is 0 Å². The predicted octanol–water partition coefficient (Wildman–Crippen LogP) is 4.46. The summed E-state index contributed by atoms with van der Waals surface area (Å²) in [6.07, 6.45) is 1.99. The van der Waals surface area contributed by atoms with Gasteiger partial charge in [-0.25, -0.2) is 0 Å². The molecule has 3 rings (SSSR count). The summed E-state index contributed by atoms with van der Waals surface area (Å²) in [6.45, 7) is 7.04. The molecular weight excluding hydrogens is 462 g/mol. The number of piperazine rings is 1. The van der Waals surface area contributed by atoms with Crippen molar-refractivity contribution in [2.75, 3.05) is 32.8 Å². The summed E-state index contributed by atoms with van der Waals surface area (Å²) in [5.74, 6) is 0.346. The Kier molecular flexibility index (Phi) is 8.66. The lowest BCUT2D eigenvalue weighted by molar-refractivity contribution is 0.0965. The van der Waals surface area contributed by atoms with E-state index in [4.69, 9.17) is 17.0 Å². The maximum Gasteiger partial charge on any atom is 0.261 e. The average molecular weight is 490 g/mol. The first-order chi connectivity index (χ1) is 14.6. The van der Waals surface area contributed by atoms with Gasteiger partial charge in [-0.05, 0) is 42.4 Å². The molecule has 2 aromatic carbocycles. The van der Waals surface area contributed by atoms with Gasteiger partial charge >= 0.3 is 0 Å². The number of carbonyl (C=O) groups excluding carboxylic acids is 1. The van der Waals surface area contributed by atoms with Gasteiger partial charge in [0.15, 0.2) is 5.11 Å². The number of nitrogens with zero attached hydrogens (tertiary/aromatic N) is 2. The zero-order chi connectivity index (χ0) is 21.3. The lowest BCUT2D eigenvalue weighted by Crippen LogP contribution is -2.52. The number of hydrogen-bond acceptors (Lipinski definition) is 4. The summed E-state index contributed by atoms with van der Waals surface area (Å²) in [5, 5.41) is 3.36. The molecule has 0 saturated carbocycles. The first-order valence-electron chi connectivity index (χ1n) is 10.4. The maximum atomic E-state index is 12.9. The van der Waals surface area contributed by atoms with Crippen LogP contribution >= 0.6 is 28.1 Å². The van der Waals surface area contributed by atoms with E-state index in [1.54, 1.807) is 6.07 Å². The Hall–Kier alpha value is -1.96. The smallest absolute Gasteiger partial charge is 0.261 e. The van der Waals surface area contributed by atoms with Crippen LogP contribution in [0.3, 0.4) is 0 Å². The molecule has 1 amide bonds. The average Bonchev–Trinajstić information content (AvgIpc) is 2.76. The third kappa shape index (κ3) is 6.52. The molecule has 30 heavy (non-hydrogen) atoms. The highest BCUT2D eigenvalue weighted by molar-refractivity contribution is 9.10. The van der Waals surface area contributed by atoms with Crippen molar-refractivity contribution in [2.45, 2.75) is 26.3 Å². The SMILES string of the molecule is CCCCOc1ccc(Br)cc1C(=O)NC(=S)N1CCN(Cc2ccccc2)CC1. The summed E-state index contributed by atoms with van der Waals surface area (Å²) < 4.78 is 6.64. The van der Waals surface area contributed by atoms with E-state index in [1.165, 1.54) is 5.56 Å². The van der Waals surface area contributed by atoms with Gasteiger partial charge in [-0.3, -0.25) is 15.0 Å². The number of ether oxygens (including phenoxy) is 1. The summed E-state index contributed by atoms with van der Waals surface area (Å²) in [6, 6.07) is 15.9. The van der Waals surface area contributed by atoms with Gasteiger partial charge in [-0.1, -0.05) is 59.6 Å². The fraction of sp³-hybridized carbons (Fsp3) is 0.391. The number of unbranched alkanes of at least 4 members (excludes halogenated alkanes) is 1. The third-order valence-electron chi connectivity index (χ3n) is 5.07. The number of carbonyl (C=O) groups is 1. The molecule has 0 spiro atoms. The second-order valence-corrected chi connectivity index (χ2v) is 8.65. The normalized spacial score (nSPS) is 14.4. The van der Waals surface area contributed by atoms with E-state index in [0.717, 1.165) is 50.0 Å². The Morgan fingerprint density at radius 3 is 2.57 bits per heavy atom. The van der Waals surface area contributed by atoms with Crippen LogP contribution in [0.4, 0.5) is 0 Å². The Balaban J connectivity index is 1.54. The van der Waals surface area contributed by atoms with Gasteiger partial charge < -0.3 is 9.64 Å². The molecule has 1 heterocycles. The topological polar surface area (TPSA) is 44.8 Å². The highest BCUT2D eigenvalue weighted by atomic mass is 79.9. The lowest BCUT2D eigenvalue weighted by Gasteiger charge is -2.36. The molecule has 2 aromatic rings. The van der Waals surface area contributed by atoms with Gasteiger partial charge in [0.25, 0.3) is 5.91 Å². The highest BCUT2D eigenvalue weighted by Crippen LogP contribution is 2.23. The molecule has 160 valence electrons. The Morgan fingerprint density at radius 2 is 1.87 bits per heavy atom. The summed E-state index contributed by atoms with van der Waals surface area (Å²) in [5.41, 5.74) is 1.80. The van der Waals surface area contributed by atoms with Crippen molar-refractivity contribution in [3.05, 3.63) is 64.1 Å². The van der Waals surface area contributed by atoms with E-state index < -0.39 is 0 Å². The molecule has 0 atom stereocenters. The van der Waals surface area contributed by atoms with Crippen LogP contribution < -0.4 is 10.1 Å². The second-order valence-electron chi connectivity index (χ2n) is 7.35. The van der Waals surface area contributed by atoms with Crippen LogP contribution in [0.2, 0.25) is 0 Å². The molecule has 7 heteroatoms. The monoisotopic (exact) mass is 489 g/mol. The zero-order valence-corrected chi connectivity index (χ0v) is 19.7. The number of amides is 1. The minimum Gasteiger partial charge on any atom is -0.493 e. The molecule has 0 aromatic heterocycles. The minimum atomic E-state index is -0.237. The number of benzene rings is 2. The van der Waals surface area contributed by atoms with Gasteiger partial charge in [0.1, 0.15) is 5.75 Å². The van der Waals surface area contributed by atoms with Crippen LogP contribution in [0.1, 0.15) is 35.7 Å². The van der Waals surface area contributed by atoms with E-state index in [1.807, 2.05) is 18.2 Å². The van der Waals surface area contributed by atoms with Crippen molar-refractivity contribution >= 4 is 39.2 Å². The van der Waals surface area contributed by atoms with Crippen molar-refractivity contribution in [1.82, 2.24) is 15.1 Å². The first kappa shape index (κ1) is 22.7. The summed E-state index contributed by atoms with van der Waals surface area (Å²) in [7, 11) is 0. The highest BCUT2D eigenvalue weighted by Gasteiger charge is 2.22. The van der Waals surface area contributed by atoms with E-state index in [0.29, 0.717) is 23.0 Å². The van der Waals surface area contributed by atoms with Gasteiger partial charge in [-0.15, -0.1) is 0 Å². The molecule has 1 aliphatic rings. The van der Waals surface area contributed by atoms with Crippen molar-refractivity contribution in [3.8, 4) is 5.75 Å². The van der Waals surface area contributed by atoms with Gasteiger partial charge in [0, 0.05) is 37.2 Å². The molecule has 1 aliphatic heterocycles. The van der Waals surface area contributed by atoms with E-state index in [2.05, 4.69) is 62.2 Å². The number of nitrogens with one attached hydrogen (secondary N) is 1. The number of hydrogen-bond donors (Lipinski definition) is 1. The Bertz CT molecular complexity index is 855. The number of rotatable bonds is 7. The van der Waals surface area contributed by atoms with E-state index >= 15 is 0 Å². The molecule has 0 bridgehead atoms. The van der Waals surface area contributed by atoms with Crippen LogP contribution in [-0.4, -0.2) is 53.6 Å². The maximum absolute atomic E-state index is 12.9. The Morgan fingerprint density at radius 1 is 1.13 bits per heavy atom. The number of halogens is 1. The summed E-state index contributed by atoms with van der Waals surface area (Å²) >= 11 is 8.96. The molecule has 0 unspecified atom stereocenters. The van der Waals surface area contributed by atoms with Crippen LogP contribution in [0.15, 0.2) is 53.0 Å². The van der Waals surface area contributed by atoms with E-state index in [9.17, 15) is 4.79 Å². The van der Waals surface area contributed by atoms with Gasteiger partial charge in [0.05, 0.1) is 12.2 Å². The lowest BCUT2D eigenvalue weighted by atomic mass is 10.2. The molecular formula is C23H28BrN3O2S. The van der Waals surface area contributed by atoms with Gasteiger partial charge in [-0.2, -0.15) is 0 Å². The Labute approximate surface area is 192 Å². The fourth-order valence-electron chi connectivity index (χ4n) is 3.33. The third-order valence-corrected chi connectivity index (χ3v) is 5.92. The van der Waals surface area contributed by atoms with Crippen LogP contribution in [0.5, 0.6) is 5.75 Å². The standard InChI is InChI=1S/C23H28BrN3O2S/c1-2-3-15-29-21-10-9-19(24)16-20(21)22(28)25-23(30)27-13-11-26(12-14-27)17-18-7-5-4-6-8-18/h4-10,16H,2-3,11-15,17H2,1H3,(H,25,28,30). The van der Waals surface area contributed by atoms with Gasteiger partial charge in [0.2, 0.25) is 0 Å². The predicted molar refractivity (Wildman–Crippen MR) is 128 cm³/mol. The first-order valence-corrected chi connectivity index (χ1v) is 11.6.